The first kappa shape index (κ1) is 15.8. The Balaban J connectivity index is 2.08. The normalized spacial score (nSPS) is 18.6. The summed E-state index contributed by atoms with van der Waals surface area (Å²) in [5.41, 5.74) is 7.00. The minimum absolute atomic E-state index is 0.373. The molecule has 0 unspecified atom stereocenters. The molecule has 0 spiro atoms. The van der Waals surface area contributed by atoms with E-state index in [2.05, 4.69) is 20.9 Å². The molecule has 5 N–H and O–H groups in total. The van der Waals surface area contributed by atoms with Crippen LogP contribution in [-0.2, 0) is 0 Å². The summed E-state index contributed by atoms with van der Waals surface area (Å²) in [6, 6.07) is 7.55. The van der Waals surface area contributed by atoms with E-state index in [0.717, 1.165) is 58.0 Å². The third kappa shape index (κ3) is 5.00. The van der Waals surface area contributed by atoms with E-state index in [1.807, 2.05) is 18.2 Å². The van der Waals surface area contributed by atoms with Crippen molar-refractivity contribution in [3.05, 3.63) is 29.8 Å². The third-order valence-electron chi connectivity index (χ3n) is 3.58. The summed E-state index contributed by atoms with van der Waals surface area (Å²) in [5.74, 6) is -0.373. The van der Waals surface area contributed by atoms with Gasteiger partial charge in [-0.2, -0.15) is 0 Å². The maximum absolute atomic E-state index is 11.6. The van der Waals surface area contributed by atoms with Crippen LogP contribution in [0, 0.1) is 0 Å². The first-order valence-corrected chi connectivity index (χ1v) is 7.55. The van der Waals surface area contributed by atoms with Gasteiger partial charge in [0.1, 0.15) is 0 Å². The predicted molar refractivity (Wildman–Crippen MR) is 85.8 cm³/mol. The van der Waals surface area contributed by atoms with Crippen LogP contribution in [-0.4, -0.2) is 58.3 Å². The van der Waals surface area contributed by atoms with Crippen molar-refractivity contribution in [1.82, 2.24) is 16.0 Å². The molecule has 0 bridgehead atoms. The van der Waals surface area contributed by atoms with Gasteiger partial charge in [-0.1, -0.05) is 12.1 Å². The van der Waals surface area contributed by atoms with Crippen LogP contribution in [0.3, 0.4) is 0 Å². The van der Waals surface area contributed by atoms with E-state index in [4.69, 9.17) is 5.73 Å². The maximum atomic E-state index is 11.6. The molecule has 1 fully saturated rings. The van der Waals surface area contributed by atoms with Crippen molar-refractivity contribution < 1.29 is 4.79 Å². The fourth-order valence-corrected chi connectivity index (χ4v) is 2.47. The van der Waals surface area contributed by atoms with E-state index >= 15 is 0 Å². The van der Waals surface area contributed by atoms with Crippen molar-refractivity contribution in [3.63, 3.8) is 0 Å². The van der Waals surface area contributed by atoms with Crippen LogP contribution in [0.15, 0.2) is 24.3 Å². The summed E-state index contributed by atoms with van der Waals surface area (Å²) < 4.78 is 0. The van der Waals surface area contributed by atoms with Gasteiger partial charge in [0.05, 0.1) is 5.56 Å². The summed E-state index contributed by atoms with van der Waals surface area (Å²) in [4.78, 5) is 13.8. The number of carbonyl (C=O) groups is 1. The molecule has 1 heterocycles. The van der Waals surface area contributed by atoms with Crippen LogP contribution >= 0.6 is 0 Å². The number of primary amides is 1. The second kappa shape index (κ2) is 8.61. The van der Waals surface area contributed by atoms with Gasteiger partial charge in [0, 0.05) is 58.0 Å². The summed E-state index contributed by atoms with van der Waals surface area (Å²) in [5, 5.41) is 10.2. The van der Waals surface area contributed by atoms with Crippen LogP contribution in [0.25, 0.3) is 0 Å². The molecule has 6 nitrogen and oxygen atoms in total. The highest BCUT2D eigenvalue weighted by molar-refractivity contribution is 5.98. The highest BCUT2D eigenvalue weighted by Gasteiger charge is 2.14. The minimum atomic E-state index is -0.373. The highest BCUT2D eigenvalue weighted by atomic mass is 16.1. The van der Waals surface area contributed by atoms with Gasteiger partial charge in [0.25, 0.3) is 5.91 Å². The Kier molecular flexibility index (Phi) is 6.46. The average Bonchev–Trinajstić information content (AvgIpc) is 2.48. The van der Waals surface area contributed by atoms with Crippen LogP contribution in [0.5, 0.6) is 0 Å². The lowest BCUT2D eigenvalue weighted by Crippen LogP contribution is -2.42. The second-order valence-electron chi connectivity index (χ2n) is 5.12. The zero-order chi connectivity index (χ0) is 14.9. The van der Waals surface area contributed by atoms with Gasteiger partial charge in [0.15, 0.2) is 0 Å². The van der Waals surface area contributed by atoms with E-state index in [9.17, 15) is 4.79 Å². The molecular formula is C15H25N5O. The van der Waals surface area contributed by atoms with Gasteiger partial charge in [-0.15, -0.1) is 0 Å². The topological polar surface area (TPSA) is 82.4 Å². The molecule has 1 amide bonds. The molecule has 0 aromatic heterocycles. The van der Waals surface area contributed by atoms with Crippen molar-refractivity contribution in [2.24, 2.45) is 5.73 Å². The van der Waals surface area contributed by atoms with E-state index in [-0.39, 0.29) is 5.91 Å². The lowest BCUT2D eigenvalue weighted by molar-refractivity contribution is 0.100. The van der Waals surface area contributed by atoms with E-state index in [1.165, 1.54) is 0 Å². The second-order valence-corrected chi connectivity index (χ2v) is 5.12. The van der Waals surface area contributed by atoms with E-state index < -0.39 is 0 Å². The number of amides is 1. The molecule has 0 aliphatic carbocycles. The van der Waals surface area contributed by atoms with Gasteiger partial charge in [-0.3, -0.25) is 4.79 Å². The summed E-state index contributed by atoms with van der Waals surface area (Å²) in [6.07, 6.45) is 0. The Morgan fingerprint density at radius 1 is 0.905 bits per heavy atom. The number of carbonyl (C=O) groups excluding carboxylic acids is 1. The van der Waals surface area contributed by atoms with Crippen LogP contribution in [0.4, 0.5) is 5.69 Å². The number of rotatable bonds is 2. The molecule has 1 aromatic carbocycles. The highest BCUT2D eigenvalue weighted by Crippen LogP contribution is 2.19. The molecule has 21 heavy (non-hydrogen) atoms. The molecule has 0 saturated carbocycles. The first-order chi connectivity index (χ1) is 10.3. The Morgan fingerprint density at radius 2 is 1.43 bits per heavy atom. The van der Waals surface area contributed by atoms with Crippen molar-refractivity contribution in [2.45, 2.75) is 0 Å². The number of nitrogens with two attached hydrogens (primary N) is 1. The Labute approximate surface area is 126 Å². The largest absolute Gasteiger partial charge is 0.368 e. The van der Waals surface area contributed by atoms with Gasteiger partial charge in [-0.25, -0.2) is 0 Å². The third-order valence-corrected chi connectivity index (χ3v) is 3.58. The Bertz CT molecular complexity index is 439. The molecule has 1 aliphatic rings. The maximum Gasteiger partial charge on any atom is 0.250 e. The molecule has 116 valence electrons. The zero-order valence-corrected chi connectivity index (χ0v) is 12.4. The van der Waals surface area contributed by atoms with Crippen molar-refractivity contribution in [2.75, 3.05) is 57.3 Å². The molecule has 0 atom stereocenters. The summed E-state index contributed by atoms with van der Waals surface area (Å²) >= 11 is 0. The monoisotopic (exact) mass is 291 g/mol. The molecule has 6 heteroatoms. The predicted octanol–water partition coefficient (Wildman–Crippen LogP) is -0.626. The average molecular weight is 291 g/mol. The van der Waals surface area contributed by atoms with Gasteiger partial charge in [0.2, 0.25) is 0 Å². The standard InChI is InChI=1S/C15H25N5O/c16-15(21)13-3-1-2-4-14(13)20-11-9-18-7-5-17-6-8-19-10-12-20/h1-4,17-19H,5-12H2,(H2,16,21). The van der Waals surface area contributed by atoms with Crippen molar-refractivity contribution >= 4 is 11.6 Å². The van der Waals surface area contributed by atoms with Crippen LogP contribution < -0.4 is 26.6 Å². The van der Waals surface area contributed by atoms with Gasteiger partial charge >= 0.3 is 0 Å². The van der Waals surface area contributed by atoms with Gasteiger partial charge in [-0.05, 0) is 12.1 Å². The van der Waals surface area contributed by atoms with E-state index in [1.54, 1.807) is 6.07 Å². The Morgan fingerprint density at radius 3 is 2.00 bits per heavy atom. The molecule has 1 saturated heterocycles. The number of hydrogen-bond acceptors (Lipinski definition) is 5. The summed E-state index contributed by atoms with van der Waals surface area (Å²) in [6.45, 7) is 7.32. The van der Waals surface area contributed by atoms with Crippen molar-refractivity contribution in [1.29, 1.82) is 0 Å². The number of benzene rings is 1. The molecule has 1 aromatic rings. The Hall–Kier alpha value is -1.63. The minimum Gasteiger partial charge on any atom is -0.368 e. The lowest BCUT2D eigenvalue weighted by atomic mass is 10.1. The van der Waals surface area contributed by atoms with Crippen LogP contribution in [0.2, 0.25) is 0 Å². The fourth-order valence-electron chi connectivity index (χ4n) is 2.47. The zero-order valence-electron chi connectivity index (χ0n) is 12.4. The number of nitrogens with zero attached hydrogens (tertiary/aromatic N) is 1. The molecule has 1 aliphatic heterocycles. The molecule has 0 radical (unpaired) electrons. The number of nitrogens with one attached hydrogen (secondary N) is 3. The quantitative estimate of drug-likeness (QED) is 0.583. The SMILES string of the molecule is NC(=O)c1ccccc1N1CCNCCNCCNCC1. The summed E-state index contributed by atoms with van der Waals surface area (Å²) in [7, 11) is 0. The van der Waals surface area contributed by atoms with Crippen LogP contribution in [0.1, 0.15) is 10.4 Å². The fraction of sp³-hybridized carbons (Fsp3) is 0.533. The number of para-hydroxylation sites is 1. The lowest BCUT2D eigenvalue weighted by Gasteiger charge is -2.27. The smallest absolute Gasteiger partial charge is 0.250 e. The van der Waals surface area contributed by atoms with E-state index in [0.29, 0.717) is 5.56 Å². The van der Waals surface area contributed by atoms with Gasteiger partial charge < -0.3 is 26.6 Å². The number of anilines is 1. The first-order valence-electron chi connectivity index (χ1n) is 7.55. The molecular weight excluding hydrogens is 266 g/mol. The number of hydrogen-bond donors (Lipinski definition) is 4. The van der Waals surface area contributed by atoms with Crippen molar-refractivity contribution in [3.8, 4) is 0 Å². The molecule has 2 rings (SSSR count).